The maximum Gasteiger partial charge on any atom is 0.291 e. The van der Waals surface area contributed by atoms with Crippen LogP contribution in [0.15, 0.2) is 24.5 Å². The third-order valence-electron chi connectivity index (χ3n) is 3.71. The second kappa shape index (κ2) is 5.64. The number of halogens is 1. The predicted octanol–water partition coefficient (Wildman–Crippen LogP) is 2.43. The molecule has 1 N–H and O–H groups in total. The Kier molecular flexibility index (Phi) is 3.79. The summed E-state index contributed by atoms with van der Waals surface area (Å²) in [6.07, 6.45) is 2.11. The lowest BCUT2D eigenvalue weighted by Crippen LogP contribution is -2.33. The summed E-state index contributed by atoms with van der Waals surface area (Å²) in [5.74, 6) is -0.492. The maximum atomic E-state index is 13.8. The van der Waals surface area contributed by atoms with Crippen molar-refractivity contribution in [1.82, 2.24) is 20.1 Å². The van der Waals surface area contributed by atoms with Crippen LogP contribution in [0.4, 0.5) is 4.39 Å². The van der Waals surface area contributed by atoms with Crippen LogP contribution >= 0.6 is 0 Å². The number of hydrogen-bond donors (Lipinski definition) is 1. The molecule has 6 nitrogen and oxygen atoms in total. The summed E-state index contributed by atoms with van der Waals surface area (Å²) < 4.78 is 20.8. The summed E-state index contributed by atoms with van der Waals surface area (Å²) in [5.41, 5.74) is 0.389. The van der Waals surface area contributed by atoms with Crippen molar-refractivity contribution in [2.75, 3.05) is 6.61 Å². The first-order valence-electron chi connectivity index (χ1n) is 7.50. The van der Waals surface area contributed by atoms with Crippen molar-refractivity contribution in [2.24, 2.45) is 0 Å². The van der Waals surface area contributed by atoms with E-state index in [0.29, 0.717) is 18.6 Å². The quantitative estimate of drug-likeness (QED) is 0.923. The van der Waals surface area contributed by atoms with Crippen LogP contribution in [0, 0.1) is 5.82 Å². The van der Waals surface area contributed by atoms with E-state index >= 15 is 0 Å². The van der Waals surface area contributed by atoms with Crippen LogP contribution in [-0.4, -0.2) is 27.3 Å². The van der Waals surface area contributed by atoms with Crippen LogP contribution < -0.4 is 10.1 Å². The van der Waals surface area contributed by atoms with Crippen molar-refractivity contribution in [3.63, 3.8) is 0 Å². The zero-order valence-electron chi connectivity index (χ0n) is 13.3. The standard InChI is InChI=1S/C16H19FN4O2/c1-16(2,3)21-9-18-14(20-21)15(22)19-12-7-8-23-13-10(12)5-4-6-11(13)17/h4-6,9,12H,7-8H2,1-3H3,(H,19,22). The van der Waals surface area contributed by atoms with Crippen molar-refractivity contribution in [3.8, 4) is 5.75 Å². The molecule has 1 aromatic carbocycles. The Morgan fingerprint density at radius 3 is 2.91 bits per heavy atom. The van der Waals surface area contributed by atoms with E-state index < -0.39 is 5.82 Å². The molecule has 0 bridgehead atoms. The highest BCUT2D eigenvalue weighted by Crippen LogP contribution is 2.34. The number of fused-ring (bicyclic) bond motifs is 1. The average molecular weight is 318 g/mol. The molecule has 7 heteroatoms. The molecule has 122 valence electrons. The van der Waals surface area contributed by atoms with Crippen molar-refractivity contribution in [2.45, 2.75) is 38.8 Å². The highest BCUT2D eigenvalue weighted by Gasteiger charge is 2.27. The fourth-order valence-electron chi connectivity index (χ4n) is 2.45. The summed E-state index contributed by atoms with van der Waals surface area (Å²) in [7, 11) is 0. The van der Waals surface area contributed by atoms with Gasteiger partial charge in [-0.05, 0) is 26.8 Å². The van der Waals surface area contributed by atoms with E-state index in [1.807, 2.05) is 20.8 Å². The molecule has 0 spiro atoms. The third kappa shape index (κ3) is 3.04. The molecular weight excluding hydrogens is 299 g/mol. The van der Waals surface area contributed by atoms with Gasteiger partial charge in [0.05, 0.1) is 18.2 Å². The predicted molar refractivity (Wildman–Crippen MR) is 81.7 cm³/mol. The van der Waals surface area contributed by atoms with E-state index in [4.69, 9.17) is 4.74 Å². The van der Waals surface area contributed by atoms with E-state index in [9.17, 15) is 9.18 Å². The maximum absolute atomic E-state index is 13.8. The van der Waals surface area contributed by atoms with Gasteiger partial charge in [-0.2, -0.15) is 0 Å². The normalized spacial score (nSPS) is 17.3. The van der Waals surface area contributed by atoms with E-state index in [0.717, 1.165) is 0 Å². The van der Waals surface area contributed by atoms with Gasteiger partial charge in [0.25, 0.3) is 5.91 Å². The fraction of sp³-hybridized carbons (Fsp3) is 0.438. The minimum atomic E-state index is -0.420. The van der Waals surface area contributed by atoms with Gasteiger partial charge >= 0.3 is 0 Å². The molecule has 1 amide bonds. The summed E-state index contributed by atoms with van der Waals surface area (Å²) in [6.45, 7) is 6.27. The molecule has 1 aliphatic heterocycles. The van der Waals surface area contributed by atoms with Crippen molar-refractivity contribution < 1.29 is 13.9 Å². The topological polar surface area (TPSA) is 69.0 Å². The zero-order valence-corrected chi connectivity index (χ0v) is 13.3. The highest BCUT2D eigenvalue weighted by molar-refractivity contribution is 5.90. The molecule has 1 aromatic heterocycles. The first-order chi connectivity index (χ1) is 10.9. The lowest BCUT2D eigenvalue weighted by atomic mass is 10.0. The average Bonchev–Trinajstić information content (AvgIpc) is 2.98. The molecule has 2 aromatic rings. The zero-order chi connectivity index (χ0) is 16.6. The van der Waals surface area contributed by atoms with Crippen molar-refractivity contribution in [3.05, 3.63) is 41.7 Å². The number of rotatable bonds is 2. The molecule has 0 radical (unpaired) electrons. The van der Waals surface area contributed by atoms with Crippen LogP contribution in [0.2, 0.25) is 0 Å². The molecule has 0 fully saturated rings. The molecule has 23 heavy (non-hydrogen) atoms. The van der Waals surface area contributed by atoms with Crippen LogP contribution in [0.5, 0.6) is 5.75 Å². The van der Waals surface area contributed by atoms with Crippen LogP contribution in [0.1, 0.15) is 49.4 Å². The van der Waals surface area contributed by atoms with Gasteiger partial charge in [-0.3, -0.25) is 4.79 Å². The smallest absolute Gasteiger partial charge is 0.291 e. The van der Waals surface area contributed by atoms with Crippen LogP contribution in [0.3, 0.4) is 0 Å². The largest absolute Gasteiger partial charge is 0.490 e. The number of para-hydroxylation sites is 1. The Balaban J connectivity index is 1.80. The summed E-state index contributed by atoms with van der Waals surface area (Å²) in [4.78, 5) is 16.4. The van der Waals surface area contributed by atoms with Gasteiger partial charge in [0, 0.05) is 12.0 Å². The molecule has 3 rings (SSSR count). The number of carbonyl (C=O) groups is 1. The van der Waals surface area contributed by atoms with Gasteiger partial charge in [-0.25, -0.2) is 14.1 Å². The molecule has 0 saturated heterocycles. The number of nitrogens with zero attached hydrogens (tertiary/aromatic N) is 3. The minimum Gasteiger partial charge on any atom is -0.490 e. The van der Waals surface area contributed by atoms with E-state index in [2.05, 4.69) is 15.4 Å². The summed E-state index contributed by atoms with van der Waals surface area (Å²) in [5, 5.41) is 7.07. The van der Waals surface area contributed by atoms with Crippen LogP contribution in [-0.2, 0) is 5.54 Å². The number of hydrogen-bond acceptors (Lipinski definition) is 4. The van der Waals surface area contributed by atoms with Gasteiger partial charge in [-0.15, -0.1) is 5.10 Å². The van der Waals surface area contributed by atoms with Gasteiger partial charge in [0.1, 0.15) is 6.33 Å². The number of nitrogens with one attached hydrogen (secondary N) is 1. The Morgan fingerprint density at radius 1 is 1.43 bits per heavy atom. The number of benzene rings is 1. The minimum absolute atomic E-state index is 0.101. The number of amides is 1. The van der Waals surface area contributed by atoms with E-state index in [-0.39, 0.29) is 29.1 Å². The Labute approximate surface area is 133 Å². The van der Waals surface area contributed by atoms with E-state index in [1.54, 1.807) is 16.8 Å². The molecule has 0 aliphatic carbocycles. The number of ether oxygens (including phenoxy) is 1. The van der Waals surface area contributed by atoms with Crippen molar-refractivity contribution in [1.29, 1.82) is 0 Å². The van der Waals surface area contributed by atoms with Gasteiger partial charge in [-0.1, -0.05) is 12.1 Å². The summed E-state index contributed by atoms with van der Waals surface area (Å²) >= 11 is 0. The molecule has 1 atom stereocenters. The summed E-state index contributed by atoms with van der Waals surface area (Å²) in [6, 6.07) is 4.39. The lowest BCUT2D eigenvalue weighted by molar-refractivity contribution is 0.0912. The molecular formula is C16H19FN4O2. The van der Waals surface area contributed by atoms with Gasteiger partial charge in [0.2, 0.25) is 5.82 Å². The third-order valence-corrected chi connectivity index (χ3v) is 3.71. The monoisotopic (exact) mass is 318 g/mol. The fourth-order valence-corrected chi connectivity index (χ4v) is 2.45. The lowest BCUT2D eigenvalue weighted by Gasteiger charge is -2.26. The SMILES string of the molecule is CC(C)(C)n1cnc(C(=O)NC2CCOc3c(F)cccc32)n1. The van der Waals surface area contributed by atoms with Gasteiger partial charge < -0.3 is 10.1 Å². The second-order valence-corrected chi connectivity index (χ2v) is 6.50. The second-order valence-electron chi connectivity index (χ2n) is 6.50. The van der Waals surface area contributed by atoms with E-state index in [1.165, 1.54) is 12.4 Å². The number of aromatic nitrogens is 3. The van der Waals surface area contributed by atoms with Crippen molar-refractivity contribution >= 4 is 5.91 Å². The number of carbonyl (C=O) groups excluding carboxylic acids is 1. The Bertz CT molecular complexity index is 736. The Morgan fingerprint density at radius 2 is 2.22 bits per heavy atom. The first kappa shape index (κ1) is 15.5. The molecule has 1 unspecified atom stereocenters. The molecule has 0 saturated carbocycles. The Hall–Kier alpha value is -2.44. The first-order valence-corrected chi connectivity index (χ1v) is 7.50. The van der Waals surface area contributed by atoms with Gasteiger partial charge in [0.15, 0.2) is 11.6 Å². The molecule has 1 aliphatic rings. The highest BCUT2D eigenvalue weighted by atomic mass is 19.1. The van der Waals surface area contributed by atoms with Crippen LogP contribution in [0.25, 0.3) is 0 Å². The molecule has 2 heterocycles.